The van der Waals surface area contributed by atoms with Crippen molar-refractivity contribution < 1.29 is 16.1 Å². The van der Waals surface area contributed by atoms with Gasteiger partial charge in [-0.1, -0.05) is 0 Å². The van der Waals surface area contributed by atoms with Crippen LogP contribution in [0.5, 0.6) is 0 Å². The van der Waals surface area contributed by atoms with E-state index in [2.05, 4.69) is 97.1 Å². The molecule has 10 heterocycles. The second-order valence-electron chi connectivity index (χ2n) is 16.3. The number of hydrogen-bond donors (Lipinski definition) is 0. The van der Waals surface area contributed by atoms with Crippen molar-refractivity contribution in [1.82, 2.24) is 0 Å². The van der Waals surface area contributed by atoms with E-state index < -0.39 is 6.51 Å². The van der Waals surface area contributed by atoms with Crippen LogP contribution in [0.4, 0.5) is 0 Å². The first-order chi connectivity index (χ1) is 18.9. The summed E-state index contributed by atoms with van der Waals surface area (Å²) in [5.41, 5.74) is 6.58. The van der Waals surface area contributed by atoms with Crippen molar-refractivity contribution in [3.8, 4) is 22.3 Å². The number of hydrogen-bond acceptors (Lipinski definition) is 2. The molecule has 1 spiro atoms. The number of carbonyl (C=O) groups excluding carboxylic acids is 2. The van der Waals surface area contributed by atoms with Crippen LogP contribution in [0.3, 0.4) is 0 Å². The topological polar surface area (TPSA) is 34.1 Å². The van der Waals surface area contributed by atoms with Crippen LogP contribution in [0.2, 0.25) is 47.2 Å². The van der Waals surface area contributed by atoms with E-state index in [-0.39, 0.29) is 8.63 Å². The fourth-order valence-electron chi connectivity index (χ4n) is 21.1. The van der Waals surface area contributed by atoms with E-state index in [4.69, 9.17) is 0 Å². The summed E-state index contributed by atoms with van der Waals surface area (Å²) < 4.78 is -0.0232. The summed E-state index contributed by atoms with van der Waals surface area (Å²) in [5.74, 6) is 0.973. The molecule has 0 saturated carbocycles. The Balaban J connectivity index is 0.912. The fraction of sp³-hybridized carbons (Fsp3) is 0.278. The number of carbonyl (C=O) groups is 2. The van der Waals surface area contributed by atoms with Gasteiger partial charge in [-0.2, -0.15) is 0 Å². The maximum absolute atomic E-state index is 14.7. The molecule has 10 fully saturated rings. The molecule has 10 aliphatic heterocycles. The maximum atomic E-state index is 14.7. The zero-order valence-corrected chi connectivity index (χ0v) is 22.3. The van der Waals surface area contributed by atoms with E-state index >= 15 is 0 Å². The molecule has 0 bridgehead atoms. The molecule has 0 amide bonds. The van der Waals surface area contributed by atoms with Gasteiger partial charge in [-0.3, -0.25) is 0 Å². The van der Waals surface area contributed by atoms with Crippen LogP contribution in [0.1, 0.15) is 20.7 Å². The van der Waals surface area contributed by atoms with Gasteiger partial charge in [0.2, 0.25) is 0 Å². The molecule has 0 aliphatic carbocycles. The van der Waals surface area contributed by atoms with Crippen LogP contribution in [-0.2, 0) is 6.51 Å². The molecule has 10 saturated heterocycles. The van der Waals surface area contributed by atoms with E-state index in [1.807, 2.05) is 12.1 Å². The van der Waals surface area contributed by atoms with Crippen LogP contribution in [-0.4, -0.2) is 11.6 Å². The zero-order valence-electron chi connectivity index (χ0n) is 21.2. The normalized spacial score (nSPS) is 60.0. The predicted molar refractivity (Wildman–Crippen MR) is 148 cm³/mol. The molecular formula is C36H26FeO2. The second-order valence-corrected chi connectivity index (χ2v) is 39.5. The number of fused-ring (bicyclic) bond motifs is 10. The summed E-state index contributed by atoms with van der Waals surface area (Å²) in [5, 5.41) is 0. The van der Waals surface area contributed by atoms with Gasteiger partial charge >= 0.3 is 217 Å². The Morgan fingerprint density at radius 2 is 0.744 bits per heavy atom. The minimum absolute atomic E-state index is 0.0116. The molecule has 190 valence electrons. The Kier molecular flexibility index (Phi) is 1.28. The van der Waals surface area contributed by atoms with Crippen LogP contribution in [0, 0.1) is 0 Å². The first-order valence-electron chi connectivity index (χ1n) is 14.5. The Morgan fingerprint density at radius 1 is 0.436 bits per heavy atom. The Bertz CT molecular complexity index is 2170. The van der Waals surface area contributed by atoms with E-state index in [1.54, 1.807) is 0 Å². The first-order valence-corrected chi connectivity index (χ1v) is 20.7. The molecule has 0 aromatic heterocycles. The standard InChI is InChI=1S/2C18H13O.Fe/c2*19-18(16-8-4-5-9-16)17-12-10-15(11-13-17)14-6-2-1-3-7-14;/h2*1-13H;. The van der Waals surface area contributed by atoms with Gasteiger partial charge in [-0.05, 0) is 0 Å². The SMILES string of the molecule is O=C(c1ccc(-c2ccccc2)cc1)[C]12[CH]3[CH]4[CH]5[CH]1[Fe]45321678[CH]2[CH]1[CH]6[C]7(C(=O)c1ccc(-c3ccccc3)cc1)[CH]28. The first kappa shape index (κ1) is 18.2. The summed E-state index contributed by atoms with van der Waals surface area (Å²) in [4.78, 5) is 35.7. The summed E-state index contributed by atoms with van der Waals surface area (Å²) in [6.45, 7) is -4.29. The van der Waals surface area contributed by atoms with Crippen LogP contribution >= 0.6 is 0 Å². The Morgan fingerprint density at radius 3 is 1.05 bits per heavy atom. The Hall–Kier alpha value is -3.26. The van der Waals surface area contributed by atoms with Gasteiger partial charge in [-0.25, -0.2) is 0 Å². The molecule has 39 heavy (non-hydrogen) atoms. The van der Waals surface area contributed by atoms with E-state index in [9.17, 15) is 9.59 Å². The number of rotatable bonds is 6. The average molecular weight is 546 g/mol. The molecule has 3 heteroatoms. The van der Waals surface area contributed by atoms with Gasteiger partial charge in [0, 0.05) is 0 Å². The molecule has 8 atom stereocenters. The quantitative estimate of drug-likeness (QED) is 0.179. The summed E-state index contributed by atoms with van der Waals surface area (Å²) >= 11 is 0. The zero-order chi connectivity index (χ0) is 25.3. The van der Waals surface area contributed by atoms with Gasteiger partial charge in [0.15, 0.2) is 0 Å². The third-order valence-electron chi connectivity index (χ3n) is 20.0. The van der Waals surface area contributed by atoms with Crippen LogP contribution in [0.15, 0.2) is 109 Å². The minimum atomic E-state index is -4.29. The monoisotopic (exact) mass is 546 g/mol. The second kappa shape index (κ2) is 2.76. The van der Waals surface area contributed by atoms with Crippen molar-refractivity contribution in [2.24, 2.45) is 0 Å². The summed E-state index contributed by atoms with van der Waals surface area (Å²) in [6.07, 6.45) is 0. The molecule has 0 N–H and O–H groups in total. The van der Waals surface area contributed by atoms with Gasteiger partial charge in [0.05, 0.1) is 0 Å². The number of Topliss-reactive ketones (excluding diaryl/α,β-unsaturated/α-hetero) is 2. The third kappa shape index (κ3) is 0.453. The molecule has 10 aliphatic rings. The van der Waals surface area contributed by atoms with E-state index in [0.29, 0.717) is 30.8 Å². The average Bonchev–Trinajstić information content (AvgIpc) is 3.96. The van der Waals surface area contributed by atoms with Gasteiger partial charge in [0.25, 0.3) is 0 Å². The van der Waals surface area contributed by atoms with Crippen LogP contribution in [0.25, 0.3) is 22.3 Å². The van der Waals surface area contributed by atoms with E-state index in [0.717, 1.165) is 30.4 Å². The fourth-order valence-corrected chi connectivity index (χ4v) is 96.5. The summed E-state index contributed by atoms with van der Waals surface area (Å²) in [7, 11) is 0. The molecule has 0 radical (unpaired) electrons. The van der Waals surface area contributed by atoms with Crippen molar-refractivity contribution in [1.29, 1.82) is 0 Å². The van der Waals surface area contributed by atoms with Crippen molar-refractivity contribution in [2.45, 2.75) is 47.2 Å². The molecular weight excluding hydrogens is 520 g/mol. The van der Waals surface area contributed by atoms with Crippen molar-refractivity contribution in [2.75, 3.05) is 0 Å². The van der Waals surface area contributed by atoms with E-state index in [1.165, 1.54) is 22.3 Å². The predicted octanol–water partition coefficient (Wildman–Crippen LogP) is 9.22. The van der Waals surface area contributed by atoms with Gasteiger partial charge in [0.1, 0.15) is 0 Å². The van der Waals surface area contributed by atoms with Crippen molar-refractivity contribution in [3.63, 3.8) is 0 Å². The third-order valence-corrected chi connectivity index (χ3v) is 62.7. The molecule has 2 nitrogen and oxygen atoms in total. The molecule has 8 unspecified atom stereocenters. The molecule has 14 rings (SSSR count). The van der Waals surface area contributed by atoms with Gasteiger partial charge < -0.3 is 0 Å². The molecule has 4 aromatic rings. The number of ketones is 2. The Labute approximate surface area is 216 Å². The van der Waals surface area contributed by atoms with Crippen molar-refractivity contribution in [3.05, 3.63) is 120 Å². The van der Waals surface area contributed by atoms with Crippen molar-refractivity contribution >= 4 is 11.6 Å². The summed E-state index contributed by atoms with van der Waals surface area (Å²) in [6, 6.07) is 37.8. The molecule has 4 aromatic carbocycles. The van der Waals surface area contributed by atoms with Gasteiger partial charge in [-0.15, -0.1) is 0 Å². The number of benzene rings is 4. The van der Waals surface area contributed by atoms with Crippen LogP contribution < -0.4 is 0 Å².